The van der Waals surface area contributed by atoms with Gasteiger partial charge in [-0.1, -0.05) is 0 Å². The van der Waals surface area contributed by atoms with E-state index in [1.165, 1.54) is 6.26 Å². The van der Waals surface area contributed by atoms with Gasteiger partial charge in [0.15, 0.2) is 0 Å². The zero-order chi connectivity index (χ0) is 13.2. The SMILES string of the molecule is Cc1nn(C)c(N(C)CCS(C)(=O)=O)c1CN. The van der Waals surface area contributed by atoms with Crippen molar-refractivity contribution in [2.24, 2.45) is 12.8 Å². The van der Waals surface area contributed by atoms with Crippen LogP contribution in [0.1, 0.15) is 11.3 Å². The molecule has 0 aliphatic rings. The van der Waals surface area contributed by atoms with Crippen molar-refractivity contribution in [2.45, 2.75) is 13.5 Å². The minimum atomic E-state index is -2.96. The first kappa shape index (κ1) is 14.0. The molecule has 1 aromatic rings. The van der Waals surface area contributed by atoms with Crippen LogP contribution < -0.4 is 10.6 Å². The zero-order valence-corrected chi connectivity index (χ0v) is 11.6. The van der Waals surface area contributed by atoms with Crippen LogP contribution in [-0.2, 0) is 23.4 Å². The number of rotatable bonds is 5. The van der Waals surface area contributed by atoms with E-state index in [1.54, 1.807) is 4.68 Å². The van der Waals surface area contributed by atoms with Gasteiger partial charge in [0, 0.05) is 39.0 Å². The van der Waals surface area contributed by atoms with Gasteiger partial charge < -0.3 is 10.6 Å². The van der Waals surface area contributed by atoms with Crippen molar-refractivity contribution >= 4 is 15.7 Å². The molecule has 2 N–H and O–H groups in total. The molecule has 17 heavy (non-hydrogen) atoms. The number of hydrogen-bond acceptors (Lipinski definition) is 5. The van der Waals surface area contributed by atoms with Crippen molar-refractivity contribution in [3.05, 3.63) is 11.3 Å². The van der Waals surface area contributed by atoms with Crippen molar-refractivity contribution in [1.82, 2.24) is 9.78 Å². The van der Waals surface area contributed by atoms with Crippen molar-refractivity contribution in [3.8, 4) is 0 Å². The Morgan fingerprint density at radius 2 is 2.06 bits per heavy atom. The number of aromatic nitrogens is 2. The molecule has 0 aromatic carbocycles. The fourth-order valence-corrected chi connectivity index (χ4v) is 2.42. The van der Waals surface area contributed by atoms with Gasteiger partial charge in [-0.15, -0.1) is 0 Å². The predicted octanol–water partition coefficient (Wildman–Crippen LogP) is -0.332. The van der Waals surface area contributed by atoms with Crippen molar-refractivity contribution in [3.63, 3.8) is 0 Å². The zero-order valence-electron chi connectivity index (χ0n) is 10.8. The van der Waals surface area contributed by atoms with E-state index in [1.807, 2.05) is 25.9 Å². The second-order valence-corrected chi connectivity index (χ2v) is 6.53. The second kappa shape index (κ2) is 5.05. The van der Waals surface area contributed by atoms with Crippen LogP contribution in [0.25, 0.3) is 0 Å². The van der Waals surface area contributed by atoms with Crippen LogP contribution in [0.3, 0.4) is 0 Å². The number of sulfone groups is 1. The van der Waals surface area contributed by atoms with Crippen molar-refractivity contribution in [2.75, 3.05) is 30.5 Å². The fourth-order valence-electron chi connectivity index (χ4n) is 1.81. The van der Waals surface area contributed by atoms with Crippen LogP contribution in [-0.4, -0.2) is 43.8 Å². The summed E-state index contributed by atoms with van der Waals surface area (Å²) in [6, 6.07) is 0. The Balaban J connectivity index is 2.92. The average molecular weight is 260 g/mol. The van der Waals surface area contributed by atoms with E-state index in [0.29, 0.717) is 13.1 Å². The Hall–Kier alpha value is -1.08. The normalized spacial score (nSPS) is 11.8. The standard InChI is InChI=1S/C10H20N4O2S/c1-8-9(7-11)10(14(3)12-8)13(2)5-6-17(4,15)16/h5-7,11H2,1-4H3. The van der Waals surface area contributed by atoms with Crippen LogP contribution in [0, 0.1) is 6.92 Å². The summed E-state index contributed by atoms with van der Waals surface area (Å²) in [7, 11) is 0.724. The third kappa shape index (κ3) is 3.44. The third-order valence-electron chi connectivity index (χ3n) is 2.68. The monoisotopic (exact) mass is 260 g/mol. The van der Waals surface area contributed by atoms with E-state index >= 15 is 0 Å². The fraction of sp³-hybridized carbons (Fsp3) is 0.700. The number of anilines is 1. The summed E-state index contributed by atoms with van der Waals surface area (Å²) in [4.78, 5) is 1.88. The topological polar surface area (TPSA) is 81.2 Å². The van der Waals surface area contributed by atoms with Crippen LogP contribution in [0.5, 0.6) is 0 Å². The largest absolute Gasteiger partial charge is 0.359 e. The Morgan fingerprint density at radius 3 is 2.53 bits per heavy atom. The highest BCUT2D eigenvalue weighted by Gasteiger charge is 2.16. The maximum atomic E-state index is 11.1. The van der Waals surface area contributed by atoms with Gasteiger partial charge in [-0.25, -0.2) is 8.42 Å². The maximum absolute atomic E-state index is 11.1. The van der Waals surface area contributed by atoms with Crippen molar-refractivity contribution in [1.29, 1.82) is 0 Å². The first-order valence-electron chi connectivity index (χ1n) is 5.37. The van der Waals surface area contributed by atoms with Gasteiger partial charge in [0.1, 0.15) is 15.7 Å². The minimum Gasteiger partial charge on any atom is -0.359 e. The Kier molecular flexibility index (Phi) is 4.16. The molecule has 0 radical (unpaired) electrons. The Morgan fingerprint density at radius 1 is 1.47 bits per heavy atom. The van der Waals surface area contributed by atoms with Crippen molar-refractivity contribution < 1.29 is 8.42 Å². The smallest absolute Gasteiger partial charge is 0.149 e. The van der Waals surface area contributed by atoms with Crippen LogP contribution >= 0.6 is 0 Å². The summed E-state index contributed by atoms with van der Waals surface area (Å²) >= 11 is 0. The summed E-state index contributed by atoms with van der Waals surface area (Å²) in [5.74, 6) is 1.01. The molecular formula is C10H20N4O2S. The molecule has 1 rings (SSSR count). The molecular weight excluding hydrogens is 240 g/mol. The van der Waals surface area contributed by atoms with Gasteiger partial charge in [0.25, 0.3) is 0 Å². The number of hydrogen-bond donors (Lipinski definition) is 1. The molecule has 0 amide bonds. The van der Waals surface area contributed by atoms with E-state index < -0.39 is 9.84 Å². The molecule has 1 heterocycles. The molecule has 1 aromatic heterocycles. The molecule has 0 spiro atoms. The summed E-state index contributed by atoms with van der Waals surface area (Å²) in [5.41, 5.74) is 7.53. The van der Waals surface area contributed by atoms with Gasteiger partial charge in [0.2, 0.25) is 0 Å². The van der Waals surface area contributed by atoms with Gasteiger partial charge in [-0.3, -0.25) is 4.68 Å². The Labute approximate surface area is 102 Å². The van der Waals surface area contributed by atoms with E-state index in [9.17, 15) is 8.42 Å². The second-order valence-electron chi connectivity index (χ2n) is 4.27. The van der Waals surface area contributed by atoms with Gasteiger partial charge >= 0.3 is 0 Å². The molecule has 6 nitrogen and oxygen atoms in total. The van der Waals surface area contributed by atoms with E-state index in [4.69, 9.17) is 5.73 Å². The minimum absolute atomic E-state index is 0.123. The first-order chi connectivity index (χ1) is 7.76. The highest BCUT2D eigenvalue weighted by atomic mass is 32.2. The van der Waals surface area contributed by atoms with Crippen LogP contribution in [0.4, 0.5) is 5.82 Å². The highest BCUT2D eigenvalue weighted by Crippen LogP contribution is 2.21. The van der Waals surface area contributed by atoms with Gasteiger partial charge in [-0.05, 0) is 6.92 Å². The van der Waals surface area contributed by atoms with Gasteiger partial charge in [-0.2, -0.15) is 5.10 Å². The lowest BCUT2D eigenvalue weighted by Gasteiger charge is -2.20. The van der Waals surface area contributed by atoms with E-state index in [0.717, 1.165) is 17.1 Å². The molecule has 0 saturated heterocycles. The number of nitrogens with zero attached hydrogens (tertiary/aromatic N) is 3. The molecule has 98 valence electrons. The summed E-state index contributed by atoms with van der Waals surface area (Å²) in [6.07, 6.45) is 1.24. The highest BCUT2D eigenvalue weighted by molar-refractivity contribution is 7.90. The molecule has 0 unspecified atom stereocenters. The molecule has 0 saturated carbocycles. The average Bonchev–Trinajstić information content (AvgIpc) is 2.48. The summed E-state index contributed by atoms with van der Waals surface area (Å²) in [6.45, 7) is 2.74. The third-order valence-corrected chi connectivity index (χ3v) is 3.60. The van der Waals surface area contributed by atoms with E-state index in [2.05, 4.69) is 5.10 Å². The molecule has 0 aliphatic carbocycles. The predicted molar refractivity (Wildman–Crippen MR) is 68.8 cm³/mol. The lowest BCUT2D eigenvalue weighted by atomic mass is 10.2. The molecule has 0 fully saturated rings. The van der Waals surface area contributed by atoms with Crippen LogP contribution in [0.15, 0.2) is 0 Å². The number of aryl methyl sites for hydroxylation is 2. The van der Waals surface area contributed by atoms with Gasteiger partial charge in [0.05, 0.1) is 11.4 Å². The van der Waals surface area contributed by atoms with Crippen LogP contribution in [0.2, 0.25) is 0 Å². The summed E-state index contributed by atoms with van der Waals surface area (Å²) in [5, 5.41) is 4.29. The number of nitrogens with two attached hydrogens (primary N) is 1. The molecule has 0 atom stereocenters. The first-order valence-corrected chi connectivity index (χ1v) is 7.43. The quantitative estimate of drug-likeness (QED) is 0.784. The molecule has 0 aliphatic heterocycles. The van der Waals surface area contributed by atoms with E-state index in [-0.39, 0.29) is 5.75 Å². The maximum Gasteiger partial charge on any atom is 0.149 e. The Bertz CT molecular complexity index is 493. The lowest BCUT2D eigenvalue weighted by molar-refractivity contribution is 0.600. The summed E-state index contributed by atoms with van der Waals surface area (Å²) < 4.78 is 24.0. The molecule has 7 heteroatoms. The molecule has 0 bridgehead atoms. The lowest BCUT2D eigenvalue weighted by Crippen LogP contribution is -2.27.